The Morgan fingerprint density at radius 3 is 2.29 bits per heavy atom. The molecule has 0 spiro atoms. The van der Waals surface area contributed by atoms with Crippen LogP contribution in [0.2, 0.25) is 0 Å². The number of carbonyl (C=O) groups is 1. The molecule has 1 aliphatic rings. The van der Waals surface area contributed by atoms with Crippen LogP contribution >= 0.6 is 27.3 Å². The van der Waals surface area contributed by atoms with Gasteiger partial charge in [0, 0.05) is 10.0 Å². The summed E-state index contributed by atoms with van der Waals surface area (Å²) in [5.41, 5.74) is 3.75. The lowest BCUT2D eigenvalue weighted by atomic mass is 9.93. The molecule has 0 aliphatic carbocycles. The van der Waals surface area contributed by atoms with Gasteiger partial charge < -0.3 is 18.9 Å². The van der Waals surface area contributed by atoms with Crippen LogP contribution in [-0.2, 0) is 16.1 Å². The fraction of sp³-hybridized carbons (Fsp3) is 0.205. The van der Waals surface area contributed by atoms with Crippen molar-refractivity contribution in [2.75, 3.05) is 19.8 Å². The first-order valence-corrected chi connectivity index (χ1v) is 17.7. The smallest absolute Gasteiger partial charge is 0.338 e. The summed E-state index contributed by atoms with van der Waals surface area (Å²) in [6.45, 7) is 7.11. The molecule has 0 unspecified atom stereocenters. The number of ether oxygens (including phenoxy) is 4. The third-order valence-electron chi connectivity index (χ3n) is 7.75. The summed E-state index contributed by atoms with van der Waals surface area (Å²) in [5.74, 6) is 1.34. The molecule has 10 heteroatoms. The van der Waals surface area contributed by atoms with E-state index in [0.717, 1.165) is 26.7 Å². The summed E-state index contributed by atoms with van der Waals surface area (Å²) in [5, 5.41) is 0. The number of esters is 1. The van der Waals surface area contributed by atoms with E-state index in [-0.39, 0.29) is 12.2 Å². The van der Waals surface area contributed by atoms with E-state index in [9.17, 15) is 9.59 Å². The van der Waals surface area contributed by atoms with Gasteiger partial charge in [-0.3, -0.25) is 9.36 Å². The van der Waals surface area contributed by atoms with Gasteiger partial charge >= 0.3 is 5.97 Å². The maximum Gasteiger partial charge on any atom is 0.338 e. The summed E-state index contributed by atoms with van der Waals surface area (Å²) in [4.78, 5) is 33.5. The highest BCUT2D eigenvalue weighted by molar-refractivity contribution is 9.10. The first-order valence-electron chi connectivity index (χ1n) is 16.1. The van der Waals surface area contributed by atoms with Crippen molar-refractivity contribution in [3.63, 3.8) is 0 Å². The van der Waals surface area contributed by atoms with Crippen molar-refractivity contribution in [2.45, 2.75) is 33.4 Å². The average molecular weight is 740 g/mol. The molecular weight excluding hydrogens is 704 g/mol. The number of nitrogens with zero attached hydrogens (tertiary/aromatic N) is 2. The highest BCUT2D eigenvalue weighted by Crippen LogP contribution is 2.36. The van der Waals surface area contributed by atoms with E-state index in [1.165, 1.54) is 11.3 Å². The van der Waals surface area contributed by atoms with Crippen molar-refractivity contribution >= 4 is 45.0 Å². The van der Waals surface area contributed by atoms with E-state index < -0.39 is 12.0 Å². The Bertz CT molecular complexity index is 2160. The zero-order valence-corrected chi connectivity index (χ0v) is 29.8. The standard InChI is InChI=1S/C39H35BrN2O6S/c1-4-45-30-19-15-28(16-20-30)36-34(38(44)47-6-3)35(27-10-8-7-9-11-27)41-39-42(36)37(43)33(49-39)23-26-14-21-31(32(22-26)46-5-2)48-24-25-12-17-29(40)18-13-25/h7-23,36H,4-6,24H2,1-3H3/b33-23-/t36-/m1/s1. The molecule has 1 aliphatic heterocycles. The Balaban J connectivity index is 1.47. The van der Waals surface area contributed by atoms with Crippen molar-refractivity contribution in [1.82, 2.24) is 4.57 Å². The van der Waals surface area contributed by atoms with Gasteiger partial charge in [0.05, 0.1) is 41.7 Å². The topological polar surface area (TPSA) is 88.4 Å². The molecule has 0 radical (unpaired) electrons. The fourth-order valence-electron chi connectivity index (χ4n) is 5.56. The minimum absolute atomic E-state index is 0.176. The van der Waals surface area contributed by atoms with Gasteiger partial charge in [0.1, 0.15) is 12.4 Å². The van der Waals surface area contributed by atoms with Crippen LogP contribution in [0, 0.1) is 0 Å². The molecule has 250 valence electrons. The lowest BCUT2D eigenvalue weighted by Crippen LogP contribution is -2.40. The number of fused-ring (bicyclic) bond motifs is 1. The van der Waals surface area contributed by atoms with E-state index in [0.29, 0.717) is 57.7 Å². The molecule has 0 saturated carbocycles. The molecule has 6 rings (SSSR count). The van der Waals surface area contributed by atoms with Crippen LogP contribution in [0.3, 0.4) is 0 Å². The monoisotopic (exact) mass is 738 g/mol. The van der Waals surface area contributed by atoms with E-state index >= 15 is 0 Å². The number of rotatable bonds is 12. The summed E-state index contributed by atoms with van der Waals surface area (Å²) >= 11 is 4.73. The Kier molecular flexibility index (Phi) is 10.8. The molecule has 49 heavy (non-hydrogen) atoms. The number of benzene rings is 4. The van der Waals surface area contributed by atoms with E-state index in [1.807, 2.05) is 117 Å². The first-order chi connectivity index (χ1) is 23.9. The molecule has 8 nitrogen and oxygen atoms in total. The molecule has 1 aromatic heterocycles. The van der Waals surface area contributed by atoms with Crippen molar-refractivity contribution < 1.29 is 23.7 Å². The van der Waals surface area contributed by atoms with Gasteiger partial charge in [0.25, 0.3) is 5.56 Å². The number of hydrogen-bond acceptors (Lipinski definition) is 8. The molecule has 0 amide bonds. The molecule has 4 aromatic carbocycles. The van der Waals surface area contributed by atoms with Crippen molar-refractivity contribution in [2.24, 2.45) is 4.99 Å². The SMILES string of the molecule is CCOC(=O)C1=C(c2ccccc2)N=c2s/c(=C\c3ccc(OCc4ccc(Br)cc4)c(OCC)c3)c(=O)n2[C@@H]1c1ccc(OCC)cc1. The van der Waals surface area contributed by atoms with Gasteiger partial charge in [-0.2, -0.15) is 0 Å². The Morgan fingerprint density at radius 2 is 1.59 bits per heavy atom. The normalized spacial score (nSPS) is 14.2. The van der Waals surface area contributed by atoms with Gasteiger partial charge in [-0.15, -0.1) is 0 Å². The Labute approximate surface area is 296 Å². The summed E-state index contributed by atoms with van der Waals surface area (Å²) in [7, 11) is 0. The number of hydrogen-bond donors (Lipinski definition) is 0. The van der Waals surface area contributed by atoms with Crippen LogP contribution in [0.1, 0.15) is 49.1 Å². The van der Waals surface area contributed by atoms with Gasteiger partial charge in [-0.05, 0) is 79.9 Å². The molecule has 2 heterocycles. The highest BCUT2D eigenvalue weighted by atomic mass is 79.9. The van der Waals surface area contributed by atoms with Crippen LogP contribution < -0.4 is 29.1 Å². The maximum atomic E-state index is 14.3. The van der Waals surface area contributed by atoms with Crippen LogP contribution in [-0.4, -0.2) is 30.4 Å². The average Bonchev–Trinajstić information content (AvgIpc) is 3.43. The van der Waals surface area contributed by atoms with E-state index in [1.54, 1.807) is 11.5 Å². The van der Waals surface area contributed by atoms with Crippen molar-refractivity contribution in [1.29, 1.82) is 0 Å². The minimum atomic E-state index is -0.781. The lowest BCUT2D eigenvalue weighted by Gasteiger charge is -2.26. The maximum absolute atomic E-state index is 14.3. The molecule has 1 atom stereocenters. The zero-order valence-electron chi connectivity index (χ0n) is 27.4. The molecule has 0 N–H and O–H groups in total. The second-order valence-electron chi connectivity index (χ2n) is 11.0. The van der Waals surface area contributed by atoms with Crippen LogP contribution in [0.25, 0.3) is 11.8 Å². The van der Waals surface area contributed by atoms with Crippen LogP contribution in [0.15, 0.2) is 117 Å². The third kappa shape index (κ3) is 7.55. The molecular formula is C39H35BrN2O6S. The van der Waals surface area contributed by atoms with Crippen LogP contribution in [0.4, 0.5) is 0 Å². The quantitative estimate of drug-likeness (QED) is 0.127. The lowest BCUT2D eigenvalue weighted by molar-refractivity contribution is -0.138. The number of aromatic nitrogens is 1. The Hall–Kier alpha value is -4.93. The predicted molar refractivity (Wildman–Crippen MR) is 195 cm³/mol. The van der Waals surface area contributed by atoms with Gasteiger partial charge in [0.2, 0.25) is 0 Å². The second-order valence-corrected chi connectivity index (χ2v) is 12.9. The largest absolute Gasteiger partial charge is 0.494 e. The summed E-state index contributed by atoms with van der Waals surface area (Å²) in [6.07, 6.45) is 1.82. The number of thiazole rings is 1. The molecule has 5 aromatic rings. The van der Waals surface area contributed by atoms with Crippen molar-refractivity contribution in [3.05, 3.63) is 149 Å². The van der Waals surface area contributed by atoms with Crippen LogP contribution in [0.5, 0.6) is 17.2 Å². The predicted octanol–water partition coefficient (Wildman–Crippen LogP) is 7.07. The molecule has 0 saturated heterocycles. The zero-order chi connectivity index (χ0) is 34.3. The van der Waals surface area contributed by atoms with Crippen molar-refractivity contribution in [3.8, 4) is 17.2 Å². The molecule has 0 bridgehead atoms. The molecule has 0 fully saturated rings. The van der Waals surface area contributed by atoms with Gasteiger partial charge in [0.15, 0.2) is 16.3 Å². The highest BCUT2D eigenvalue weighted by Gasteiger charge is 2.35. The van der Waals surface area contributed by atoms with Gasteiger partial charge in [-0.1, -0.05) is 87.9 Å². The summed E-state index contributed by atoms with van der Waals surface area (Å²) < 4.78 is 26.4. The number of carbonyl (C=O) groups excluding carboxylic acids is 1. The fourth-order valence-corrected chi connectivity index (χ4v) is 6.83. The number of halogens is 1. The first kappa shape index (κ1) is 34.0. The second kappa shape index (κ2) is 15.5. The third-order valence-corrected chi connectivity index (χ3v) is 9.27. The Morgan fingerprint density at radius 1 is 0.857 bits per heavy atom. The summed E-state index contributed by atoms with van der Waals surface area (Å²) in [6, 6.07) is 29.7. The van der Waals surface area contributed by atoms with E-state index in [4.69, 9.17) is 23.9 Å². The van der Waals surface area contributed by atoms with Gasteiger partial charge in [-0.25, -0.2) is 9.79 Å². The minimum Gasteiger partial charge on any atom is -0.494 e. The van der Waals surface area contributed by atoms with E-state index in [2.05, 4.69) is 15.9 Å².